The zero-order valence-corrected chi connectivity index (χ0v) is 67.1. The molecule has 5 atom stereocenters. The molecule has 0 amide bonds. The molecule has 0 aliphatic rings. The largest absolute Gasteiger partial charge is 0.472 e. The Morgan fingerprint density at radius 2 is 0.480 bits per heavy atom. The first-order valence-electron chi connectivity index (χ1n) is 41.5. The van der Waals surface area contributed by atoms with E-state index in [1.807, 2.05) is 0 Å². The smallest absolute Gasteiger partial charge is 0.462 e. The van der Waals surface area contributed by atoms with Gasteiger partial charge in [0.25, 0.3) is 0 Å². The van der Waals surface area contributed by atoms with Crippen LogP contribution in [0.4, 0.5) is 0 Å². The molecule has 5 unspecified atom stereocenters. The van der Waals surface area contributed by atoms with Gasteiger partial charge in [-0.2, -0.15) is 0 Å². The van der Waals surface area contributed by atoms with Crippen LogP contribution < -0.4 is 0 Å². The molecule has 17 nitrogen and oxygen atoms in total. The summed E-state index contributed by atoms with van der Waals surface area (Å²) in [5.41, 5.74) is 0. The van der Waals surface area contributed by atoms with Gasteiger partial charge < -0.3 is 33.8 Å². The molecule has 0 heterocycles. The number of ether oxygens (including phenoxy) is 4. The molecule has 0 aromatic carbocycles. The first kappa shape index (κ1) is 98.8. The first-order chi connectivity index (χ1) is 49.7. The van der Waals surface area contributed by atoms with Crippen LogP contribution in [0.1, 0.15) is 387 Å². The number of aliphatic hydroxyl groups excluding tert-OH is 1. The normalized spacial score (nSPS) is 14.1. The van der Waals surface area contributed by atoms with E-state index in [1.54, 1.807) is 0 Å². The Bertz CT molecular complexity index is 2170. The number of aliphatic hydroxyl groups is 1. The summed E-state index contributed by atoms with van der Waals surface area (Å²) in [6, 6.07) is 0. The van der Waals surface area contributed by atoms with Crippen LogP contribution in [-0.2, 0) is 65.4 Å². The van der Waals surface area contributed by atoms with Crippen molar-refractivity contribution in [2.75, 3.05) is 39.6 Å². The van der Waals surface area contributed by atoms with Gasteiger partial charge in [0.2, 0.25) is 0 Å². The average molecular weight is 1480 g/mol. The van der Waals surface area contributed by atoms with E-state index in [4.69, 9.17) is 37.0 Å². The second-order valence-electron chi connectivity index (χ2n) is 28.1. The molecule has 0 aliphatic heterocycles. The Kier molecular flexibility index (Phi) is 73.6. The number of unbranched alkanes of at least 4 members (excludes halogenated alkanes) is 43. The van der Waals surface area contributed by atoms with Crippen molar-refractivity contribution >= 4 is 39.5 Å². The van der Waals surface area contributed by atoms with Crippen LogP contribution in [0.25, 0.3) is 0 Å². The SMILES string of the molecule is CCCCCC=CCC=CCCCCCCCC(=O)OC(COC(=O)CCCCCCCCCC=CCCCCCCCC)COP(=O)(O)OCC(O)COP(=O)(O)OCC(COC(=O)CCCCCCCC=CCCCCCCCC)OC(=O)CCCCCCCCCC=CCCCCCC. The van der Waals surface area contributed by atoms with Gasteiger partial charge in [0, 0.05) is 25.7 Å². The van der Waals surface area contributed by atoms with E-state index >= 15 is 0 Å². The molecule has 0 aromatic rings. The maximum atomic E-state index is 13.1. The van der Waals surface area contributed by atoms with Gasteiger partial charge in [-0.1, -0.05) is 288 Å². The van der Waals surface area contributed by atoms with E-state index in [0.717, 1.165) is 167 Å². The van der Waals surface area contributed by atoms with Gasteiger partial charge in [0.1, 0.15) is 19.3 Å². The molecule has 596 valence electrons. The molecule has 0 rings (SSSR count). The zero-order chi connectivity index (χ0) is 74.6. The van der Waals surface area contributed by atoms with Gasteiger partial charge in [-0.25, -0.2) is 9.13 Å². The highest BCUT2D eigenvalue weighted by Crippen LogP contribution is 2.45. The van der Waals surface area contributed by atoms with Crippen LogP contribution in [0, 0.1) is 0 Å². The molecule has 0 aliphatic carbocycles. The summed E-state index contributed by atoms with van der Waals surface area (Å²) in [5, 5.41) is 10.6. The van der Waals surface area contributed by atoms with Crippen LogP contribution >= 0.6 is 15.6 Å². The summed E-state index contributed by atoms with van der Waals surface area (Å²) in [6.07, 6.45) is 76.1. The van der Waals surface area contributed by atoms with Crippen LogP contribution in [0.15, 0.2) is 60.8 Å². The topological polar surface area (TPSA) is 237 Å². The molecule has 102 heavy (non-hydrogen) atoms. The monoisotopic (exact) mass is 1480 g/mol. The second-order valence-corrected chi connectivity index (χ2v) is 31.0. The Balaban J connectivity index is 5.34. The Hall–Kier alpha value is -3.24. The Morgan fingerprint density at radius 3 is 0.765 bits per heavy atom. The standard InChI is InChI=1S/C83H152O17P2/c1-5-9-13-17-21-25-29-33-37-38-42-44-48-52-56-60-64-68-81(86)94-74-79(100-83(88)70-66-62-58-54-50-46-41-36-32-28-24-20-16-12-8-4)76-98-102(91,92)96-72-77(84)71-95-101(89,90)97-75-78(99-82(87)69-65-61-57-53-49-45-40-35-31-27-23-19-15-11-7-3)73-93-80(85)67-63-59-55-51-47-43-39-34-30-26-22-18-14-10-6-2/h24,27-28,31,33-34,36-37,39,41,77-79,84H,5-23,25-26,29-30,32,35,38,40,42-76H2,1-4H3,(H,89,90)(H,91,92). The average Bonchev–Trinajstić information content (AvgIpc) is 0.919. The number of hydrogen-bond acceptors (Lipinski definition) is 15. The van der Waals surface area contributed by atoms with E-state index < -0.39 is 97.5 Å². The molecular weight excluding hydrogens is 1330 g/mol. The Labute approximate surface area is 622 Å². The van der Waals surface area contributed by atoms with Crippen molar-refractivity contribution in [1.82, 2.24) is 0 Å². The van der Waals surface area contributed by atoms with Gasteiger partial charge in [-0.05, 0) is 135 Å². The highest BCUT2D eigenvalue weighted by Gasteiger charge is 2.30. The second kappa shape index (κ2) is 76.0. The molecule has 3 N–H and O–H groups in total. The predicted octanol–water partition coefficient (Wildman–Crippen LogP) is 24.2. The van der Waals surface area contributed by atoms with E-state index in [0.29, 0.717) is 25.7 Å². The van der Waals surface area contributed by atoms with E-state index in [1.165, 1.54) is 141 Å². The third kappa shape index (κ3) is 75.0. The van der Waals surface area contributed by atoms with Crippen LogP contribution in [-0.4, -0.2) is 96.7 Å². The summed E-state index contributed by atoms with van der Waals surface area (Å²) in [4.78, 5) is 73.1. The molecule has 0 saturated carbocycles. The predicted molar refractivity (Wildman–Crippen MR) is 418 cm³/mol. The quantitative estimate of drug-likeness (QED) is 0.0169. The third-order valence-electron chi connectivity index (χ3n) is 17.9. The number of phosphoric ester groups is 2. The molecule has 0 bridgehead atoms. The maximum absolute atomic E-state index is 13.1. The molecule has 0 radical (unpaired) electrons. The van der Waals surface area contributed by atoms with Crippen molar-refractivity contribution in [3.05, 3.63) is 60.8 Å². The highest BCUT2D eigenvalue weighted by atomic mass is 31.2. The Morgan fingerprint density at radius 1 is 0.275 bits per heavy atom. The van der Waals surface area contributed by atoms with Crippen molar-refractivity contribution < 1.29 is 80.2 Å². The van der Waals surface area contributed by atoms with Crippen molar-refractivity contribution in [3.8, 4) is 0 Å². The molecule has 0 aromatic heterocycles. The summed E-state index contributed by atoms with van der Waals surface area (Å²) < 4.78 is 68.7. The molecule has 0 saturated heterocycles. The van der Waals surface area contributed by atoms with Crippen LogP contribution in [0.2, 0.25) is 0 Å². The number of carbonyl (C=O) groups excluding carboxylic acids is 4. The molecule has 19 heteroatoms. The first-order valence-corrected chi connectivity index (χ1v) is 44.5. The number of allylic oxidation sites excluding steroid dienone is 10. The third-order valence-corrected chi connectivity index (χ3v) is 19.8. The molecule has 0 fully saturated rings. The number of esters is 4. The number of carbonyl (C=O) groups is 4. The van der Waals surface area contributed by atoms with Crippen LogP contribution in [0.3, 0.4) is 0 Å². The summed E-state index contributed by atoms with van der Waals surface area (Å²) in [5.74, 6) is -2.17. The molecule has 0 spiro atoms. The lowest BCUT2D eigenvalue weighted by atomic mass is 10.1. The van der Waals surface area contributed by atoms with Crippen molar-refractivity contribution in [2.45, 2.75) is 406 Å². The van der Waals surface area contributed by atoms with Gasteiger partial charge in [-0.15, -0.1) is 0 Å². The fourth-order valence-electron chi connectivity index (χ4n) is 11.5. The van der Waals surface area contributed by atoms with Crippen molar-refractivity contribution in [2.24, 2.45) is 0 Å². The van der Waals surface area contributed by atoms with E-state index in [2.05, 4.69) is 88.5 Å². The van der Waals surface area contributed by atoms with E-state index in [9.17, 15) is 43.2 Å². The van der Waals surface area contributed by atoms with Crippen LogP contribution in [0.5, 0.6) is 0 Å². The van der Waals surface area contributed by atoms with Crippen molar-refractivity contribution in [3.63, 3.8) is 0 Å². The summed E-state index contributed by atoms with van der Waals surface area (Å²) in [6.45, 7) is 4.88. The molecular formula is C83H152O17P2. The van der Waals surface area contributed by atoms with E-state index in [-0.39, 0.29) is 25.7 Å². The van der Waals surface area contributed by atoms with Gasteiger partial charge in [-0.3, -0.25) is 37.3 Å². The summed E-state index contributed by atoms with van der Waals surface area (Å²) >= 11 is 0. The van der Waals surface area contributed by atoms with Crippen molar-refractivity contribution in [1.29, 1.82) is 0 Å². The minimum Gasteiger partial charge on any atom is -0.462 e. The lowest BCUT2D eigenvalue weighted by Gasteiger charge is -2.21. The highest BCUT2D eigenvalue weighted by molar-refractivity contribution is 7.47. The minimum atomic E-state index is -4.98. The van der Waals surface area contributed by atoms with Gasteiger partial charge in [0.05, 0.1) is 26.4 Å². The summed E-state index contributed by atoms with van der Waals surface area (Å²) in [7, 11) is -9.95. The van der Waals surface area contributed by atoms with Gasteiger partial charge >= 0.3 is 39.5 Å². The lowest BCUT2D eigenvalue weighted by Crippen LogP contribution is -2.30. The number of hydrogen-bond donors (Lipinski definition) is 3. The number of phosphoric acid groups is 2. The lowest BCUT2D eigenvalue weighted by molar-refractivity contribution is -0.161. The fraction of sp³-hybridized carbons (Fsp3) is 0.831. The number of rotatable bonds is 79. The maximum Gasteiger partial charge on any atom is 0.472 e. The van der Waals surface area contributed by atoms with Gasteiger partial charge in [0.15, 0.2) is 12.2 Å². The minimum absolute atomic E-state index is 0.0820. The zero-order valence-electron chi connectivity index (χ0n) is 65.3. The fourth-order valence-corrected chi connectivity index (χ4v) is 13.1.